The topological polar surface area (TPSA) is 43.4 Å². The van der Waals surface area contributed by atoms with Gasteiger partial charge in [-0.05, 0) is 0 Å². The molecule has 1 aliphatic rings. The van der Waals surface area contributed by atoms with Crippen molar-refractivity contribution in [3.05, 3.63) is 12.2 Å². The maximum absolute atomic E-state index is 10.5. The lowest BCUT2D eigenvalue weighted by Crippen LogP contribution is -2.19. The molecule has 0 aromatic rings. The second-order valence-electron chi connectivity index (χ2n) is 2.10. The highest BCUT2D eigenvalue weighted by Gasteiger charge is 2.14. The Morgan fingerprint density at radius 3 is 3.20 bits per heavy atom. The fourth-order valence-electron chi connectivity index (χ4n) is 0.819. The molecule has 10 heavy (non-hydrogen) atoms. The van der Waals surface area contributed by atoms with Gasteiger partial charge in [0.2, 0.25) is 0 Å². The van der Waals surface area contributed by atoms with Gasteiger partial charge in [-0.3, -0.25) is 0 Å². The molecule has 1 rings (SSSR count). The van der Waals surface area contributed by atoms with Gasteiger partial charge in [0.1, 0.15) is 12.4 Å². The van der Waals surface area contributed by atoms with Crippen molar-refractivity contribution in [1.82, 2.24) is 0 Å². The highest BCUT2D eigenvalue weighted by atomic mass is 16.5. The molecule has 0 spiro atoms. The van der Waals surface area contributed by atoms with Gasteiger partial charge in [0.25, 0.3) is 0 Å². The van der Waals surface area contributed by atoms with Crippen LogP contribution in [-0.2, 0) is 14.3 Å². The number of esters is 1. The van der Waals surface area contributed by atoms with E-state index in [4.69, 9.17) is 4.74 Å². The summed E-state index contributed by atoms with van der Waals surface area (Å²) >= 11 is 0. The molecule has 0 aromatic carbocycles. The Morgan fingerprint density at radius 1 is 1.80 bits per heavy atom. The van der Waals surface area contributed by atoms with E-state index < -0.39 is 0 Å². The maximum atomic E-state index is 10.5. The molecule has 0 fully saturated rings. The first kappa shape index (κ1) is 6.99. The van der Waals surface area contributed by atoms with E-state index in [0.29, 0.717) is 12.8 Å². The van der Waals surface area contributed by atoms with Crippen molar-refractivity contribution in [2.45, 2.75) is 18.9 Å². The highest BCUT2D eigenvalue weighted by molar-refractivity contribution is 5.83. The lowest BCUT2D eigenvalue weighted by Gasteiger charge is -2.15. The summed E-state index contributed by atoms with van der Waals surface area (Å²) < 4.78 is 4.77. The number of rotatable bonds is 2. The minimum Gasteiger partial charge on any atom is -0.458 e. The third-order valence-electron chi connectivity index (χ3n) is 1.29. The van der Waals surface area contributed by atoms with E-state index in [0.717, 1.165) is 6.29 Å². The zero-order chi connectivity index (χ0) is 7.40. The normalized spacial score (nSPS) is 24.0. The van der Waals surface area contributed by atoms with Crippen LogP contribution in [0.25, 0.3) is 0 Å². The molecule has 54 valence electrons. The molecule has 0 aromatic heterocycles. The molecule has 1 atom stereocenters. The van der Waals surface area contributed by atoms with Crippen LogP contribution in [0.4, 0.5) is 0 Å². The zero-order valence-electron chi connectivity index (χ0n) is 5.45. The second-order valence-corrected chi connectivity index (χ2v) is 2.10. The summed E-state index contributed by atoms with van der Waals surface area (Å²) in [6.07, 6.45) is 4.59. The maximum Gasteiger partial charge on any atom is 0.330 e. The van der Waals surface area contributed by atoms with E-state index in [9.17, 15) is 9.59 Å². The molecule has 0 saturated heterocycles. The summed E-state index contributed by atoms with van der Waals surface area (Å²) in [4.78, 5) is 20.5. The van der Waals surface area contributed by atoms with E-state index in [-0.39, 0.29) is 12.1 Å². The average Bonchev–Trinajstić information content (AvgIpc) is 1.88. The largest absolute Gasteiger partial charge is 0.458 e. The third kappa shape index (κ3) is 1.69. The quantitative estimate of drug-likeness (QED) is 0.413. The summed E-state index contributed by atoms with van der Waals surface area (Å²) in [6, 6.07) is 0. The summed E-state index contributed by atoms with van der Waals surface area (Å²) in [5, 5.41) is 0. The van der Waals surface area contributed by atoms with Crippen LogP contribution >= 0.6 is 0 Å². The van der Waals surface area contributed by atoms with Crippen LogP contribution in [-0.4, -0.2) is 18.4 Å². The molecule has 0 aliphatic carbocycles. The van der Waals surface area contributed by atoms with Gasteiger partial charge in [-0.25, -0.2) is 4.79 Å². The van der Waals surface area contributed by atoms with E-state index >= 15 is 0 Å². The molecule has 0 amide bonds. The monoisotopic (exact) mass is 140 g/mol. The van der Waals surface area contributed by atoms with Crippen molar-refractivity contribution in [2.75, 3.05) is 0 Å². The van der Waals surface area contributed by atoms with E-state index in [1.165, 1.54) is 6.08 Å². The van der Waals surface area contributed by atoms with Crippen molar-refractivity contribution in [3.63, 3.8) is 0 Å². The molecule has 1 aliphatic heterocycles. The van der Waals surface area contributed by atoms with Gasteiger partial charge in [0.15, 0.2) is 0 Å². The Balaban J connectivity index is 2.43. The smallest absolute Gasteiger partial charge is 0.330 e. The number of carbonyl (C=O) groups is 2. The van der Waals surface area contributed by atoms with Crippen molar-refractivity contribution >= 4 is 12.3 Å². The number of hydrogen-bond acceptors (Lipinski definition) is 3. The van der Waals surface area contributed by atoms with Crippen LogP contribution in [0.5, 0.6) is 0 Å². The van der Waals surface area contributed by atoms with Crippen LogP contribution in [0.2, 0.25) is 0 Å². The summed E-state index contributed by atoms with van der Waals surface area (Å²) in [7, 11) is 0. The summed E-state index contributed by atoms with van der Waals surface area (Å²) in [6.45, 7) is 0. The second kappa shape index (κ2) is 3.15. The van der Waals surface area contributed by atoms with Gasteiger partial charge in [-0.15, -0.1) is 0 Å². The number of ether oxygens (including phenoxy) is 1. The summed E-state index contributed by atoms with van der Waals surface area (Å²) in [5.41, 5.74) is 0. The van der Waals surface area contributed by atoms with Crippen molar-refractivity contribution in [2.24, 2.45) is 0 Å². The molecule has 1 heterocycles. The predicted octanol–water partition coefficient (Wildman–Crippen LogP) is 0.447. The molecule has 3 heteroatoms. The van der Waals surface area contributed by atoms with Crippen molar-refractivity contribution in [1.29, 1.82) is 0 Å². The Bertz CT molecular complexity index is 172. The van der Waals surface area contributed by atoms with Gasteiger partial charge in [-0.2, -0.15) is 0 Å². The average molecular weight is 140 g/mol. The fourth-order valence-corrected chi connectivity index (χ4v) is 0.819. The van der Waals surface area contributed by atoms with Crippen molar-refractivity contribution in [3.8, 4) is 0 Å². The van der Waals surface area contributed by atoms with Crippen LogP contribution in [0.3, 0.4) is 0 Å². The molecular formula is C7H8O3. The van der Waals surface area contributed by atoms with E-state index in [1.807, 2.05) is 0 Å². The van der Waals surface area contributed by atoms with Gasteiger partial charge >= 0.3 is 5.97 Å². The van der Waals surface area contributed by atoms with Crippen LogP contribution in [0.15, 0.2) is 12.2 Å². The van der Waals surface area contributed by atoms with Gasteiger partial charge in [0, 0.05) is 18.9 Å². The van der Waals surface area contributed by atoms with Crippen molar-refractivity contribution < 1.29 is 14.3 Å². The minimum absolute atomic E-state index is 0.227. The van der Waals surface area contributed by atoms with Crippen LogP contribution < -0.4 is 0 Å². The SMILES string of the molecule is O=CC[C@@H]1CC=CC(=O)O1. The Labute approximate surface area is 58.7 Å². The molecule has 3 nitrogen and oxygen atoms in total. The summed E-state index contributed by atoms with van der Waals surface area (Å²) in [5.74, 6) is -0.349. The van der Waals surface area contributed by atoms with Crippen LogP contribution in [0.1, 0.15) is 12.8 Å². The predicted molar refractivity (Wildman–Crippen MR) is 34.3 cm³/mol. The Morgan fingerprint density at radius 2 is 2.60 bits per heavy atom. The number of hydrogen-bond donors (Lipinski definition) is 0. The highest BCUT2D eigenvalue weighted by Crippen LogP contribution is 2.08. The standard InChI is InChI=1S/C7H8O3/c8-5-4-6-2-1-3-7(9)10-6/h1,3,5-6H,2,4H2/t6-/m0/s1. The van der Waals surface area contributed by atoms with Crippen LogP contribution in [0, 0.1) is 0 Å². The molecule has 0 unspecified atom stereocenters. The van der Waals surface area contributed by atoms with Gasteiger partial charge in [-0.1, -0.05) is 6.08 Å². The Hall–Kier alpha value is -1.12. The molecular weight excluding hydrogens is 132 g/mol. The molecule has 0 N–H and O–H groups in total. The van der Waals surface area contributed by atoms with E-state index in [1.54, 1.807) is 6.08 Å². The fraction of sp³-hybridized carbons (Fsp3) is 0.429. The first-order chi connectivity index (χ1) is 4.83. The minimum atomic E-state index is -0.349. The molecule has 0 bridgehead atoms. The number of carbonyl (C=O) groups excluding carboxylic acids is 2. The van der Waals surface area contributed by atoms with E-state index in [2.05, 4.69) is 0 Å². The molecule has 0 saturated carbocycles. The Kier molecular flexibility index (Phi) is 2.20. The first-order valence-electron chi connectivity index (χ1n) is 3.13. The lowest BCUT2D eigenvalue weighted by atomic mass is 10.1. The number of cyclic esters (lactones) is 1. The number of aldehydes is 1. The molecule has 0 radical (unpaired) electrons. The zero-order valence-corrected chi connectivity index (χ0v) is 5.45. The first-order valence-corrected chi connectivity index (χ1v) is 3.13. The third-order valence-corrected chi connectivity index (χ3v) is 1.29. The van der Waals surface area contributed by atoms with Gasteiger partial charge in [0.05, 0.1) is 0 Å². The van der Waals surface area contributed by atoms with Gasteiger partial charge < -0.3 is 9.53 Å². The lowest BCUT2D eigenvalue weighted by molar-refractivity contribution is -0.144.